The number of H-pyrrole nitrogens is 1. The molecule has 0 saturated carbocycles. The van der Waals surface area contributed by atoms with E-state index >= 15 is 0 Å². The van der Waals surface area contributed by atoms with Crippen LogP contribution in [0.15, 0.2) is 63.8 Å². The number of hydrogen-bond donors (Lipinski definition) is 2. The monoisotopic (exact) mass is 473 g/mol. The molecule has 11 heteroatoms. The van der Waals surface area contributed by atoms with Crippen molar-refractivity contribution in [2.45, 2.75) is 19.8 Å². The van der Waals surface area contributed by atoms with Gasteiger partial charge in [0, 0.05) is 11.3 Å². The van der Waals surface area contributed by atoms with Crippen LogP contribution in [0.3, 0.4) is 0 Å². The summed E-state index contributed by atoms with van der Waals surface area (Å²) in [5.41, 5.74) is 0.641. The number of aromatic nitrogens is 2. The fourth-order valence-corrected chi connectivity index (χ4v) is 3.25. The van der Waals surface area contributed by atoms with E-state index in [1.807, 2.05) is 0 Å². The topological polar surface area (TPSA) is 106 Å². The minimum atomic E-state index is -4.91. The molecule has 0 aliphatic carbocycles. The molecule has 0 radical (unpaired) electrons. The summed E-state index contributed by atoms with van der Waals surface area (Å²) in [5, 5.41) is 3.00. The zero-order valence-corrected chi connectivity index (χ0v) is 17.7. The molecule has 0 amide bonds. The molecule has 2 aromatic carbocycles. The maximum Gasteiger partial charge on any atom is 0.573 e. The number of esters is 1. The molecule has 0 bridgehead atoms. The lowest BCUT2D eigenvalue weighted by molar-refractivity contribution is -0.274. The third-order valence-electron chi connectivity index (χ3n) is 4.67. The number of nitrogens with one attached hydrogen (secondary N) is 2. The number of furan rings is 1. The number of fused-ring (bicyclic) bond motifs is 1. The number of halogens is 3. The number of anilines is 1. The first-order chi connectivity index (χ1) is 16.2. The van der Waals surface area contributed by atoms with Gasteiger partial charge in [0.2, 0.25) is 5.76 Å². The Morgan fingerprint density at radius 2 is 1.94 bits per heavy atom. The molecule has 0 unspecified atom stereocenters. The Bertz CT molecular complexity index is 1390. The third kappa shape index (κ3) is 5.20. The standard InChI is InChI=1S/C23H18F3N3O5/c1-2-32-22(31)19-10-8-14(33-19)12-27-16-9-7-13(34-23(24,25)26)11-15(16)20-21(30)29-18-6-4-3-5-17(18)28-20/h3-11,27H,2,12H2,1H3,(H,29,30). The number of aromatic amines is 1. The fraction of sp³-hybridized carbons (Fsp3) is 0.174. The van der Waals surface area contributed by atoms with Crippen LogP contribution in [0.1, 0.15) is 23.2 Å². The van der Waals surface area contributed by atoms with E-state index in [2.05, 4.69) is 20.0 Å². The van der Waals surface area contributed by atoms with Crippen molar-refractivity contribution in [3.8, 4) is 17.0 Å². The first-order valence-corrected chi connectivity index (χ1v) is 10.1. The summed E-state index contributed by atoms with van der Waals surface area (Å²) in [4.78, 5) is 31.5. The largest absolute Gasteiger partial charge is 0.573 e. The Morgan fingerprint density at radius 3 is 2.71 bits per heavy atom. The quantitative estimate of drug-likeness (QED) is 0.369. The number of benzene rings is 2. The average molecular weight is 473 g/mol. The van der Waals surface area contributed by atoms with Gasteiger partial charge < -0.3 is 24.2 Å². The van der Waals surface area contributed by atoms with E-state index in [1.165, 1.54) is 12.1 Å². The van der Waals surface area contributed by atoms with Gasteiger partial charge in [-0.3, -0.25) is 4.79 Å². The van der Waals surface area contributed by atoms with Crippen LogP contribution in [-0.4, -0.2) is 28.9 Å². The molecular formula is C23H18F3N3O5. The number of ether oxygens (including phenoxy) is 2. The van der Waals surface area contributed by atoms with Gasteiger partial charge >= 0.3 is 12.3 Å². The van der Waals surface area contributed by atoms with Gasteiger partial charge in [-0.05, 0) is 49.4 Å². The normalized spacial score (nSPS) is 11.4. The summed E-state index contributed by atoms with van der Waals surface area (Å²) in [6.45, 7) is 1.92. The van der Waals surface area contributed by atoms with Crippen molar-refractivity contribution < 1.29 is 31.9 Å². The molecule has 4 rings (SSSR count). The van der Waals surface area contributed by atoms with Crippen molar-refractivity contribution in [2.75, 3.05) is 11.9 Å². The third-order valence-corrected chi connectivity index (χ3v) is 4.67. The molecule has 0 aliphatic rings. The Balaban J connectivity index is 1.70. The van der Waals surface area contributed by atoms with E-state index in [0.29, 0.717) is 22.5 Å². The minimum absolute atomic E-state index is 0.0143. The minimum Gasteiger partial charge on any atom is -0.460 e. The number of hydrogen-bond acceptors (Lipinski definition) is 7. The summed E-state index contributed by atoms with van der Waals surface area (Å²) in [7, 11) is 0. The molecule has 0 spiro atoms. The lowest BCUT2D eigenvalue weighted by Gasteiger charge is -2.14. The van der Waals surface area contributed by atoms with Crippen LogP contribution >= 0.6 is 0 Å². The Kier molecular flexibility index (Phi) is 6.26. The van der Waals surface area contributed by atoms with Gasteiger partial charge in [0.15, 0.2) is 0 Å². The first-order valence-electron chi connectivity index (χ1n) is 10.1. The molecular weight excluding hydrogens is 455 g/mol. The van der Waals surface area contributed by atoms with Gasteiger partial charge in [0.05, 0.1) is 24.2 Å². The van der Waals surface area contributed by atoms with E-state index in [-0.39, 0.29) is 30.2 Å². The Morgan fingerprint density at radius 1 is 1.15 bits per heavy atom. The number of para-hydroxylation sites is 2. The number of nitrogens with zero attached hydrogens (tertiary/aromatic N) is 1. The van der Waals surface area contributed by atoms with Gasteiger partial charge in [-0.15, -0.1) is 13.2 Å². The van der Waals surface area contributed by atoms with Crippen molar-refractivity contribution in [3.05, 3.63) is 76.5 Å². The van der Waals surface area contributed by atoms with Crippen LogP contribution < -0.4 is 15.6 Å². The number of carbonyl (C=O) groups is 1. The van der Waals surface area contributed by atoms with E-state index < -0.39 is 23.6 Å². The van der Waals surface area contributed by atoms with Gasteiger partial charge in [0.1, 0.15) is 17.2 Å². The molecule has 2 heterocycles. The molecule has 0 saturated heterocycles. The van der Waals surface area contributed by atoms with E-state index in [0.717, 1.165) is 12.1 Å². The zero-order valence-electron chi connectivity index (χ0n) is 17.7. The van der Waals surface area contributed by atoms with Crippen LogP contribution in [0.2, 0.25) is 0 Å². The summed E-state index contributed by atoms with van der Waals surface area (Å²) in [6, 6.07) is 13.3. The molecule has 176 valence electrons. The highest BCUT2D eigenvalue weighted by molar-refractivity contribution is 5.86. The highest BCUT2D eigenvalue weighted by Crippen LogP contribution is 2.32. The lowest BCUT2D eigenvalue weighted by atomic mass is 10.1. The highest BCUT2D eigenvalue weighted by Gasteiger charge is 2.31. The highest BCUT2D eigenvalue weighted by atomic mass is 19.4. The molecule has 0 fully saturated rings. The van der Waals surface area contributed by atoms with Crippen LogP contribution in [-0.2, 0) is 11.3 Å². The van der Waals surface area contributed by atoms with E-state index in [4.69, 9.17) is 9.15 Å². The lowest BCUT2D eigenvalue weighted by Crippen LogP contribution is -2.18. The zero-order chi connectivity index (χ0) is 24.3. The molecule has 0 atom stereocenters. The second-order valence-electron chi connectivity index (χ2n) is 7.03. The summed E-state index contributed by atoms with van der Waals surface area (Å²) >= 11 is 0. The maximum atomic E-state index is 12.8. The van der Waals surface area contributed by atoms with Gasteiger partial charge in [-0.2, -0.15) is 0 Å². The van der Waals surface area contributed by atoms with Crippen molar-refractivity contribution in [1.82, 2.24) is 9.97 Å². The van der Waals surface area contributed by atoms with Crippen molar-refractivity contribution in [3.63, 3.8) is 0 Å². The average Bonchev–Trinajstić information content (AvgIpc) is 3.26. The maximum absolute atomic E-state index is 12.8. The van der Waals surface area contributed by atoms with E-state index in [1.54, 1.807) is 37.3 Å². The molecule has 34 heavy (non-hydrogen) atoms. The van der Waals surface area contributed by atoms with Crippen LogP contribution in [0.25, 0.3) is 22.3 Å². The van der Waals surface area contributed by atoms with E-state index in [9.17, 15) is 22.8 Å². The summed E-state index contributed by atoms with van der Waals surface area (Å²) in [5.74, 6) is -0.745. The molecule has 2 aromatic heterocycles. The summed E-state index contributed by atoms with van der Waals surface area (Å²) < 4.78 is 52.7. The fourth-order valence-electron chi connectivity index (χ4n) is 3.25. The second-order valence-corrected chi connectivity index (χ2v) is 7.03. The molecule has 2 N–H and O–H groups in total. The summed E-state index contributed by atoms with van der Waals surface area (Å²) in [6.07, 6.45) is -4.91. The van der Waals surface area contributed by atoms with Crippen LogP contribution in [0, 0.1) is 0 Å². The molecule has 4 aromatic rings. The first kappa shape index (κ1) is 22.9. The molecule has 0 aliphatic heterocycles. The smallest absolute Gasteiger partial charge is 0.460 e. The number of alkyl halides is 3. The Hall–Kier alpha value is -4.28. The number of rotatable bonds is 7. The van der Waals surface area contributed by atoms with Crippen molar-refractivity contribution >= 4 is 22.7 Å². The van der Waals surface area contributed by atoms with Crippen molar-refractivity contribution in [2.24, 2.45) is 0 Å². The Labute approximate surface area is 190 Å². The second kappa shape index (κ2) is 9.30. The predicted octanol–water partition coefficient (Wildman–Crippen LogP) is 4.87. The SMILES string of the molecule is CCOC(=O)c1ccc(CNc2ccc(OC(F)(F)F)cc2-c2nc3ccccc3[nH]c2=O)o1. The van der Waals surface area contributed by atoms with Crippen molar-refractivity contribution in [1.29, 1.82) is 0 Å². The van der Waals surface area contributed by atoms with Gasteiger partial charge in [0.25, 0.3) is 5.56 Å². The molecule has 8 nitrogen and oxygen atoms in total. The van der Waals surface area contributed by atoms with Gasteiger partial charge in [-0.1, -0.05) is 12.1 Å². The van der Waals surface area contributed by atoms with Gasteiger partial charge in [-0.25, -0.2) is 9.78 Å². The number of carbonyl (C=O) groups excluding carboxylic acids is 1. The predicted molar refractivity (Wildman–Crippen MR) is 116 cm³/mol. The van der Waals surface area contributed by atoms with Crippen LogP contribution in [0.4, 0.5) is 18.9 Å². The van der Waals surface area contributed by atoms with Crippen LogP contribution in [0.5, 0.6) is 5.75 Å².